The molecule has 6 heteroatoms. The third-order valence-electron chi connectivity index (χ3n) is 4.63. The first-order valence-corrected chi connectivity index (χ1v) is 8.60. The molecular weight excluding hydrogens is 318 g/mol. The monoisotopic (exact) mass is 343 g/mol. The van der Waals surface area contributed by atoms with Crippen molar-refractivity contribution in [2.24, 2.45) is 0 Å². The van der Waals surface area contributed by atoms with Crippen LogP contribution in [0.15, 0.2) is 29.1 Å². The van der Waals surface area contributed by atoms with E-state index < -0.39 is 0 Å². The van der Waals surface area contributed by atoms with Gasteiger partial charge in [-0.3, -0.25) is 9.69 Å². The summed E-state index contributed by atoms with van der Waals surface area (Å²) in [5, 5.41) is 0. The standard InChI is InChI=1S/C19H25N3O3/c1-13-9-18(23)21-19(20-13)15-5-4-8-22(12-15)11-14-6-7-16(24-2)17(10-14)25-3/h6-7,9-10,15H,4-5,8,11-12H2,1-3H3,(H,20,21,23)/t15-/m1/s1. The van der Waals surface area contributed by atoms with Gasteiger partial charge in [-0.2, -0.15) is 0 Å². The van der Waals surface area contributed by atoms with Crippen LogP contribution in [0.5, 0.6) is 11.5 Å². The Bertz CT molecular complexity index is 788. The number of nitrogens with zero attached hydrogens (tertiary/aromatic N) is 2. The zero-order valence-electron chi connectivity index (χ0n) is 15.0. The Morgan fingerprint density at radius 3 is 2.76 bits per heavy atom. The highest BCUT2D eigenvalue weighted by atomic mass is 16.5. The molecule has 2 heterocycles. The van der Waals surface area contributed by atoms with Crippen molar-refractivity contribution in [1.82, 2.24) is 14.9 Å². The van der Waals surface area contributed by atoms with Crippen LogP contribution in [0.1, 0.15) is 35.8 Å². The maximum Gasteiger partial charge on any atom is 0.251 e. The van der Waals surface area contributed by atoms with Crippen molar-refractivity contribution in [2.45, 2.75) is 32.2 Å². The van der Waals surface area contributed by atoms with Crippen molar-refractivity contribution in [2.75, 3.05) is 27.3 Å². The summed E-state index contributed by atoms with van der Waals surface area (Å²) in [5.41, 5.74) is 1.89. The lowest BCUT2D eigenvalue weighted by atomic mass is 9.96. The molecule has 0 amide bonds. The molecule has 3 rings (SSSR count). The van der Waals surface area contributed by atoms with Crippen LogP contribution in [0.4, 0.5) is 0 Å². The number of aromatic nitrogens is 2. The first-order chi connectivity index (χ1) is 12.1. The fourth-order valence-electron chi connectivity index (χ4n) is 3.46. The molecule has 2 aromatic rings. The van der Waals surface area contributed by atoms with E-state index in [0.29, 0.717) is 0 Å². The molecule has 1 saturated heterocycles. The lowest BCUT2D eigenvalue weighted by molar-refractivity contribution is 0.196. The van der Waals surface area contributed by atoms with Gasteiger partial charge in [-0.25, -0.2) is 4.98 Å². The number of hydrogen-bond donors (Lipinski definition) is 1. The Morgan fingerprint density at radius 1 is 1.24 bits per heavy atom. The number of benzene rings is 1. The van der Waals surface area contributed by atoms with Gasteiger partial charge >= 0.3 is 0 Å². The Labute approximate surface area is 147 Å². The van der Waals surface area contributed by atoms with Crippen LogP contribution in [0.25, 0.3) is 0 Å². The summed E-state index contributed by atoms with van der Waals surface area (Å²) < 4.78 is 10.7. The predicted octanol–water partition coefficient (Wildman–Crippen LogP) is 2.48. The van der Waals surface area contributed by atoms with Crippen LogP contribution in [-0.4, -0.2) is 42.2 Å². The number of likely N-dealkylation sites (tertiary alicyclic amines) is 1. The van der Waals surface area contributed by atoms with Crippen molar-refractivity contribution >= 4 is 0 Å². The van der Waals surface area contributed by atoms with Crippen LogP contribution in [0.2, 0.25) is 0 Å². The zero-order valence-corrected chi connectivity index (χ0v) is 15.0. The molecule has 0 aliphatic carbocycles. The minimum atomic E-state index is -0.0699. The number of nitrogens with one attached hydrogen (secondary N) is 1. The largest absolute Gasteiger partial charge is 0.493 e. The maximum absolute atomic E-state index is 11.7. The predicted molar refractivity (Wildman–Crippen MR) is 96.4 cm³/mol. The van der Waals surface area contributed by atoms with E-state index in [1.807, 2.05) is 19.1 Å². The van der Waals surface area contributed by atoms with Gasteiger partial charge in [0.1, 0.15) is 5.82 Å². The van der Waals surface area contributed by atoms with E-state index in [1.165, 1.54) is 11.6 Å². The second-order valence-electron chi connectivity index (χ2n) is 6.54. The first kappa shape index (κ1) is 17.5. The molecule has 1 aliphatic heterocycles. The summed E-state index contributed by atoms with van der Waals surface area (Å²) >= 11 is 0. The van der Waals surface area contributed by atoms with Gasteiger partial charge in [0.15, 0.2) is 11.5 Å². The van der Waals surface area contributed by atoms with Gasteiger partial charge in [0.05, 0.1) is 14.2 Å². The summed E-state index contributed by atoms with van der Waals surface area (Å²) in [4.78, 5) is 21.6. The lowest BCUT2D eigenvalue weighted by Gasteiger charge is -2.32. The molecule has 0 saturated carbocycles. The normalized spacial score (nSPS) is 18.1. The number of methoxy groups -OCH3 is 2. The number of piperidine rings is 1. The van der Waals surface area contributed by atoms with Crippen molar-refractivity contribution in [1.29, 1.82) is 0 Å². The van der Waals surface area contributed by atoms with Crippen molar-refractivity contribution in [3.05, 3.63) is 51.7 Å². The third-order valence-corrected chi connectivity index (χ3v) is 4.63. The maximum atomic E-state index is 11.7. The Morgan fingerprint density at radius 2 is 2.04 bits per heavy atom. The second-order valence-corrected chi connectivity index (χ2v) is 6.54. The highest BCUT2D eigenvalue weighted by molar-refractivity contribution is 5.42. The van der Waals surface area contributed by atoms with Crippen LogP contribution < -0.4 is 15.0 Å². The quantitative estimate of drug-likeness (QED) is 0.903. The van der Waals surface area contributed by atoms with E-state index in [0.717, 1.165) is 55.5 Å². The minimum Gasteiger partial charge on any atom is -0.493 e. The molecule has 1 atom stereocenters. The summed E-state index contributed by atoms with van der Waals surface area (Å²) in [6, 6.07) is 7.57. The Hall–Kier alpha value is -2.34. The van der Waals surface area contributed by atoms with Gasteiger partial charge in [-0.05, 0) is 44.0 Å². The molecule has 1 aromatic carbocycles. The Balaban J connectivity index is 1.72. The summed E-state index contributed by atoms with van der Waals surface area (Å²) in [5.74, 6) is 2.56. The molecule has 25 heavy (non-hydrogen) atoms. The van der Waals surface area contributed by atoms with Crippen LogP contribution in [0, 0.1) is 6.92 Å². The second kappa shape index (κ2) is 7.70. The molecule has 0 spiro atoms. The number of H-pyrrole nitrogens is 1. The molecule has 134 valence electrons. The Kier molecular flexibility index (Phi) is 5.38. The van der Waals surface area contributed by atoms with E-state index in [1.54, 1.807) is 14.2 Å². The molecule has 0 unspecified atom stereocenters. The number of rotatable bonds is 5. The molecule has 1 fully saturated rings. The number of aryl methyl sites for hydroxylation is 1. The number of aromatic amines is 1. The minimum absolute atomic E-state index is 0.0699. The smallest absolute Gasteiger partial charge is 0.251 e. The summed E-state index contributed by atoms with van der Waals surface area (Å²) in [6.45, 7) is 4.64. The fourth-order valence-corrected chi connectivity index (χ4v) is 3.46. The van der Waals surface area contributed by atoms with E-state index in [9.17, 15) is 4.79 Å². The number of hydrogen-bond acceptors (Lipinski definition) is 5. The van der Waals surface area contributed by atoms with E-state index in [-0.39, 0.29) is 11.5 Å². The van der Waals surface area contributed by atoms with E-state index in [2.05, 4.69) is 20.9 Å². The molecule has 1 aliphatic rings. The van der Waals surface area contributed by atoms with Gasteiger partial charge in [0.2, 0.25) is 0 Å². The van der Waals surface area contributed by atoms with Crippen molar-refractivity contribution in [3.8, 4) is 11.5 Å². The summed E-state index contributed by atoms with van der Waals surface area (Å²) in [7, 11) is 3.29. The van der Waals surface area contributed by atoms with Crippen molar-refractivity contribution in [3.63, 3.8) is 0 Å². The topological polar surface area (TPSA) is 67.5 Å². The van der Waals surface area contributed by atoms with Gasteiger partial charge in [-0.1, -0.05) is 6.07 Å². The van der Waals surface area contributed by atoms with Gasteiger partial charge in [0.25, 0.3) is 5.56 Å². The van der Waals surface area contributed by atoms with Gasteiger partial charge in [-0.15, -0.1) is 0 Å². The highest BCUT2D eigenvalue weighted by Gasteiger charge is 2.23. The van der Waals surface area contributed by atoms with E-state index >= 15 is 0 Å². The van der Waals surface area contributed by atoms with Crippen LogP contribution >= 0.6 is 0 Å². The highest BCUT2D eigenvalue weighted by Crippen LogP contribution is 2.30. The van der Waals surface area contributed by atoms with E-state index in [4.69, 9.17) is 9.47 Å². The average Bonchev–Trinajstić information content (AvgIpc) is 2.61. The van der Waals surface area contributed by atoms with Crippen molar-refractivity contribution < 1.29 is 9.47 Å². The third kappa shape index (κ3) is 4.20. The lowest BCUT2D eigenvalue weighted by Crippen LogP contribution is -2.35. The average molecular weight is 343 g/mol. The summed E-state index contributed by atoms with van der Waals surface area (Å²) in [6.07, 6.45) is 2.14. The fraction of sp³-hybridized carbons (Fsp3) is 0.474. The molecule has 6 nitrogen and oxygen atoms in total. The van der Waals surface area contributed by atoms with Crippen LogP contribution in [-0.2, 0) is 6.54 Å². The molecular formula is C19H25N3O3. The molecule has 1 aromatic heterocycles. The zero-order chi connectivity index (χ0) is 17.8. The van der Waals surface area contributed by atoms with Gasteiger partial charge in [0, 0.05) is 30.8 Å². The molecule has 0 bridgehead atoms. The van der Waals surface area contributed by atoms with Crippen LogP contribution in [0.3, 0.4) is 0 Å². The number of ether oxygens (including phenoxy) is 2. The SMILES string of the molecule is COc1ccc(CN2CCC[C@@H](c3nc(C)cc(=O)[nH]3)C2)cc1OC. The molecule has 1 N–H and O–H groups in total. The first-order valence-electron chi connectivity index (χ1n) is 8.60. The molecule has 0 radical (unpaired) electrons. The van der Waals surface area contributed by atoms with Gasteiger partial charge < -0.3 is 14.5 Å².